The van der Waals surface area contributed by atoms with Crippen molar-refractivity contribution in [3.63, 3.8) is 0 Å². The minimum atomic E-state index is -0.355. The molecule has 0 aromatic heterocycles. The lowest BCUT2D eigenvalue weighted by atomic mass is 10.3. The number of carbonyl (C=O) groups is 1. The van der Waals surface area contributed by atoms with Crippen LogP contribution in [0.2, 0.25) is 0 Å². The zero-order valence-electron chi connectivity index (χ0n) is 5.09. The smallest absolute Gasteiger partial charge is 0.306 e. The largest absolute Gasteiger partial charge is 0.450 e. The average Bonchev–Trinajstić information content (AvgIpc) is 1.85. The van der Waals surface area contributed by atoms with Gasteiger partial charge in [-0.3, -0.25) is 4.79 Å². The van der Waals surface area contributed by atoms with Crippen LogP contribution in [0.1, 0.15) is 12.8 Å². The van der Waals surface area contributed by atoms with Crippen molar-refractivity contribution < 1.29 is 9.53 Å². The Balaban J connectivity index is 3.19. The van der Waals surface area contributed by atoms with Gasteiger partial charge < -0.3 is 4.74 Å². The summed E-state index contributed by atoms with van der Waals surface area (Å²) in [6.07, 6.45) is 0.811. The molecule has 0 aromatic carbocycles. The van der Waals surface area contributed by atoms with Gasteiger partial charge in [0.05, 0.1) is 0 Å². The summed E-state index contributed by atoms with van der Waals surface area (Å²) in [5, 5.41) is 7.94. The van der Waals surface area contributed by atoms with Crippen molar-refractivity contribution in [1.82, 2.24) is 0 Å². The Bertz CT molecular complexity index is 126. The van der Waals surface area contributed by atoms with Crippen LogP contribution < -0.4 is 0 Å². The first kappa shape index (κ1) is 7.96. The molecule has 0 bridgehead atoms. The van der Waals surface area contributed by atoms with Crippen LogP contribution in [0.5, 0.6) is 0 Å². The highest BCUT2D eigenvalue weighted by atomic mass is 16.5. The molecule has 9 heavy (non-hydrogen) atoms. The first-order valence-corrected chi connectivity index (χ1v) is 2.63. The minimum absolute atomic E-state index is 0.154. The topological polar surface area (TPSA) is 50.1 Å². The third-order valence-corrected chi connectivity index (χ3v) is 0.679. The standard InChI is InChI=1S/C6H8NO2/c1-2-3-6(8)9-5-4-7/h1-3,5H2. The van der Waals surface area contributed by atoms with E-state index in [4.69, 9.17) is 5.26 Å². The second-order valence-corrected chi connectivity index (χ2v) is 1.42. The van der Waals surface area contributed by atoms with E-state index in [1.807, 2.05) is 0 Å². The lowest BCUT2D eigenvalue weighted by molar-refractivity contribution is -0.142. The molecule has 49 valence electrons. The van der Waals surface area contributed by atoms with Crippen LogP contribution in [0.25, 0.3) is 0 Å². The summed E-state index contributed by atoms with van der Waals surface area (Å²) < 4.78 is 4.39. The second kappa shape index (κ2) is 5.10. The number of ether oxygens (including phenoxy) is 1. The molecular weight excluding hydrogens is 118 g/mol. The number of esters is 1. The molecule has 0 amide bonds. The van der Waals surface area contributed by atoms with Gasteiger partial charge in [-0.25, -0.2) is 0 Å². The maximum Gasteiger partial charge on any atom is 0.306 e. The molecule has 0 rings (SSSR count). The molecule has 0 aliphatic heterocycles. The van der Waals surface area contributed by atoms with Crippen molar-refractivity contribution in [2.45, 2.75) is 12.8 Å². The molecule has 3 heteroatoms. The molecule has 0 aliphatic carbocycles. The van der Waals surface area contributed by atoms with Gasteiger partial charge >= 0.3 is 5.97 Å². The summed E-state index contributed by atoms with van der Waals surface area (Å²) in [4.78, 5) is 10.4. The lowest BCUT2D eigenvalue weighted by Crippen LogP contribution is -2.02. The highest BCUT2D eigenvalue weighted by Gasteiger charge is 1.97. The average molecular weight is 126 g/mol. The molecule has 0 atom stereocenters. The highest BCUT2D eigenvalue weighted by molar-refractivity contribution is 5.69. The summed E-state index contributed by atoms with van der Waals surface area (Å²) >= 11 is 0. The van der Waals surface area contributed by atoms with Gasteiger partial charge in [0.25, 0.3) is 0 Å². The van der Waals surface area contributed by atoms with E-state index in [2.05, 4.69) is 11.7 Å². The molecule has 0 saturated carbocycles. The molecule has 1 radical (unpaired) electrons. The monoisotopic (exact) mass is 126 g/mol. The van der Waals surface area contributed by atoms with Crippen LogP contribution >= 0.6 is 0 Å². The van der Waals surface area contributed by atoms with Crippen molar-refractivity contribution in [3.8, 4) is 6.07 Å². The maximum atomic E-state index is 10.4. The number of nitrogens with zero attached hydrogens (tertiary/aromatic N) is 1. The molecule has 0 N–H and O–H groups in total. The van der Waals surface area contributed by atoms with Crippen LogP contribution in [0.3, 0.4) is 0 Å². The molecule has 0 unspecified atom stereocenters. The van der Waals surface area contributed by atoms with Crippen molar-refractivity contribution in [1.29, 1.82) is 5.26 Å². The van der Waals surface area contributed by atoms with Crippen molar-refractivity contribution >= 4 is 5.97 Å². The number of hydrogen-bond donors (Lipinski definition) is 0. The van der Waals surface area contributed by atoms with E-state index in [1.165, 1.54) is 0 Å². The van der Waals surface area contributed by atoms with Gasteiger partial charge in [-0.1, -0.05) is 6.92 Å². The van der Waals surface area contributed by atoms with Gasteiger partial charge in [-0.05, 0) is 6.42 Å². The Hall–Kier alpha value is -1.04. The van der Waals surface area contributed by atoms with Crippen molar-refractivity contribution in [2.75, 3.05) is 6.61 Å². The quantitative estimate of drug-likeness (QED) is 0.522. The summed E-state index contributed by atoms with van der Waals surface area (Å²) in [6.45, 7) is 3.30. The molecule has 0 aliphatic rings. The van der Waals surface area contributed by atoms with E-state index in [9.17, 15) is 4.79 Å². The zero-order valence-corrected chi connectivity index (χ0v) is 5.09. The predicted octanol–water partition coefficient (Wildman–Crippen LogP) is 0.667. The van der Waals surface area contributed by atoms with Crippen LogP contribution in [0, 0.1) is 18.3 Å². The van der Waals surface area contributed by atoms with Crippen LogP contribution in [0.4, 0.5) is 0 Å². The number of nitriles is 1. The van der Waals surface area contributed by atoms with Gasteiger partial charge in [0.15, 0.2) is 6.61 Å². The fourth-order valence-electron chi connectivity index (χ4n) is 0.329. The molecule has 0 saturated heterocycles. The second-order valence-electron chi connectivity index (χ2n) is 1.42. The van der Waals surface area contributed by atoms with Gasteiger partial charge in [0.1, 0.15) is 6.07 Å². The molecule has 0 aromatic rings. The Morgan fingerprint density at radius 2 is 2.44 bits per heavy atom. The van der Waals surface area contributed by atoms with Gasteiger partial charge in [-0.15, -0.1) is 0 Å². The van der Waals surface area contributed by atoms with E-state index in [1.54, 1.807) is 6.07 Å². The Kier molecular flexibility index (Phi) is 4.51. The first-order valence-electron chi connectivity index (χ1n) is 2.63. The van der Waals surface area contributed by atoms with E-state index >= 15 is 0 Å². The number of carbonyl (C=O) groups excluding carboxylic acids is 1. The van der Waals surface area contributed by atoms with Crippen molar-refractivity contribution in [2.24, 2.45) is 0 Å². The third kappa shape index (κ3) is 4.82. The van der Waals surface area contributed by atoms with E-state index in [-0.39, 0.29) is 12.6 Å². The lowest BCUT2D eigenvalue weighted by Gasteiger charge is -1.94. The number of rotatable bonds is 3. The minimum Gasteiger partial charge on any atom is -0.450 e. The Morgan fingerprint density at radius 1 is 1.78 bits per heavy atom. The van der Waals surface area contributed by atoms with Crippen molar-refractivity contribution in [3.05, 3.63) is 6.92 Å². The SMILES string of the molecule is [CH2]CCC(=O)OCC#N. The fraction of sp³-hybridized carbons (Fsp3) is 0.500. The molecule has 3 nitrogen and oxygen atoms in total. The van der Waals surface area contributed by atoms with Crippen LogP contribution in [-0.2, 0) is 9.53 Å². The molecule has 0 spiro atoms. The van der Waals surface area contributed by atoms with Gasteiger partial charge in [0.2, 0.25) is 0 Å². The Morgan fingerprint density at radius 3 is 2.89 bits per heavy atom. The highest BCUT2D eigenvalue weighted by Crippen LogP contribution is 1.88. The van der Waals surface area contributed by atoms with Crippen LogP contribution in [-0.4, -0.2) is 12.6 Å². The van der Waals surface area contributed by atoms with E-state index in [0.717, 1.165) is 0 Å². The Labute approximate surface area is 54.2 Å². The summed E-state index contributed by atoms with van der Waals surface area (Å²) in [5.41, 5.74) is 0. The normalized spacial score (nSPS) is 8.00. The van der Waals surface area contributed by atoms with Crippen LogP contribution in [0.15, 0.2) is 0 Å². The van der Waals surface area contributed by atoms with E-state index in [0.29, 0.717) is 12.8 Å². The predicted molar refractivity (Wildman–Crippen MR) is 31.2 cm³/mol. The van der Waals surface area contributed by atoms with E-state index < -0.39 is 0 Å². The molecule has 0 heterocycles. The summed E-state index contributed by atoms with van der Waals surface area (Å²) in [6, 6.07) is 1.69. The first-order chi connectivity index (χ1) is 4.31. The third-order valence-electron chi connectivity index (χ3n) is 0.679. The summed E-state index contributed by atoms with van der Waals surface area (Å²) in [7, 11) is 0. The van der Waals surface area contributed by atoms with Gasteiger partial charge in [0, 0.05) is 6.42 Å². The molecular formula is C6H8NO2. The zero-order chi connectivity index (χ0) is 7.11. The maximum absolute atomic E-state index is 10.4. The fourth-order valence-corrected chi connectivity index (χ4v) is 0.329. The van der Waals surface area contributed by atoms with Gasteiger partial charge in [-0.2, -0.15) is 5.26 Å². The molecule has 0 fully saturated rings. The number of hydrogen-bond acceptors (Lipinski definition) is 3. The summed E-state index contributed by atoms with van der Waals surface area (Å²) in [5.74, 6) is -0.355.